The van der Waals surface area contributed by atoms with Crippen LogP contribution in [-0.4, -0.2) is 23.5 Å². The van der Waals surface area contributed by atoms with Crippen LogP contribution in [0.15, 0.2) is 23.7 Å². The van der Waals surface area contributed by atoms with Crippen molar-refractivity contribution in [3.05, 3.63) is 38.6 Å². The lowest BCUT2D eigenvalue weighted by molar-refractivity contribution is 0.773. The number of hydrogen-bond donors (Lipinski definition) is 1. The van der Waals surface area contributed by atoms with Gasteiger partial charge in [-0.3, -0.25) is 4.40 Å². The Morgan fingerprint density at radius 2 is 2.30 bits per heavy atom. The predicted octanol–water partition coefficient (Wildman–Crippen LogP) is 3.47. The molecule has 20 heavy (non-hydrogen) atoms. The summed E-state index contributed by atoms with van der Waals surface area (Å²) in [4.78, 5) is 9.18. The number of nitrogens with one attached hydrogen (secondary N) is 1. The molecular formula is C13H15ClN4S2. The van der Waals surface area contributed by atoms with Crippen LogP contribution in [0.2, 0.25) is 4.34 Å². The molecule has 0 spiro atoms. The molecule has 3 heterocycles. The number of fused-ring (bicyclic) bond motifs is 1. The zero-order valence-corrected chi connectivity index (χ0v) is 13.6. The van der Waals surface area contributed by atoms with Gasteiger partial charge in [-0.05, 0) is 19.2 Å². The highest BCUT2D eigenvalue weighted by molar-refractivity contribution is 7.16. The predicted molar refractivity (Wildman–Crippen MR) is 87.3 cm³/mol. The quantitative estimate of drug-likeness (QED) is 0.779. The molecule has 0 aromatic carbocycles. The highest BCUT2D eigenvalue weighted by Crippen LogP contribution is 2.27. The van der Waals surface area contributed by atoms with Crippen molar-refractivity contribution in [2.75, 3.05) is 19.0 Å². The number of imidazole rings is 1. The topological polar surface area (TPSA) is 32.6 Å². The second kappa shape index (κ2) is 5.73. The Balaban J connectivity index is 1.91. The number of halogens is 1. The lowest BCUT2D eigenvalue weighted by Crippen LogP contribution is -2.19. The molecule has 0 aliphatic carbocycles. The maximum Gasteiger partial charge on any atom is 0.195 e. The van der Waals surface area contributed by atoms with E-state index in [4.69, 9.17) is 16.6 Å². The van der Waals surface area contributed by atoms with Crippen molar-refractivity contribution in [3.8, 4) is 0 Å². The molecule has 3 aromatic rings. The standard InChI is InChI=1S/C13H15ClN4S2/c1-15-7-10-12(16-13-18(10)5-6-19-13)17(2)8-9-3-4-11(14)20-9/h3-6,15H,7-8H2,1-2H3. The molecule has 0 saturated heterocycles. The fraction of sp³-hybridized carbons (Fsp3) is 0.308. The number of hydrogen-bond acceptors (Lipinski definition) is 5. The van der Waals surface area contributed by atoms with E-state index in [2.05, 4.69) is 39.3 Å². The molecule has 106 valence electrons. The number of thiophene rings is 1. The number of nitrogens with zero attached hydrogens (tertiary/aromatic N) is 3. The van der Waals surface area contributed by atoms with E-state index in [1.165, 1.54) is 10.6 Å². The van der Waals surface area contributed by atoms with Gasteiger partial charge in [0.05, 0.1) is 16.6 Å². The van der Waals surface area contributed by atoms with Gasteiger partial charge in [-0.2, -0.15) is 0 Å². The third-order valence-electron chi connectivity index (χ3n) is 3.07. The van der Waals surface area contributed by atoms with Crippen molar-refractivity contribution in [1.82, 2.24) is 14.7 Å². The Morgan fingerprint density at radius 3 is 3.00 bits per heavy atom. The van der Waals surface area contributed by atoms with Crippen LogP contribution in [0, 0.1) is 0 Å². The highest BCUT2D eigenvalue weighted by Gasteiger charge is 2.16. The summed E-state index contributed by atoms with van der Waals surface area (Å²) in [6.07, 6.45) is 2.07. The van der Waals surface area contributed by atoms with E-state index in [0.717, 1.165) is 28.2 Å². The average Bonchev–Trinajstić information content (AvgIpc) is 3.08. The van der Waals surface area contributed by atoms with Crippen molar-refractivity contribution in [3.63, 3.8) is 0 Å². The van der Waals surface area contributed by atoms with Gasteiger partial charge in [-0.1, -0.05) is 11.6 Å². The van der Waals surface area contributed by atoms with Crippen molar-refractivity contribution in [2.24, 2.45) is 0 Å². The fourth-order valence-corrected chi connectivity index (χ4v) is 4.07. The van der Waals surface area contributed by atoms with Crippen LogP contribution in [0.5, 0.6) is 0 Å². The lowest BCUT2D eigenvalue weighted by atomic mass is 10.3. The molecule has 0 unspecified atom stereocenters. The largest absolute Gasteiger partial charge is 0.353 e. The monoisotopic (exact) mass is 326 g/mol. The molecule has 3 rings (SSSR count). The van der Waals surface area contributed by atoms with Crippen LogP contribution < -0.4 is 10.2 Å². The first kappa shape index (κ1) is 13.9. The van der Waals surface area contributed by atoms with E-state index in [9.17, 15) is 0 Å². The second-order valence-corrected chi connectivity index (χ2v) is 7.20. The molecule has 0 amide bonds. The first-order chi connectivity index (χ1) is 9.69. The first-order valence-corrected chi connectivity index (χ1v) is 8.31. The SMILES string of the molecule is CNCc1c(N(C)Cc2ccc(Cl)s2)nc2sccn12. The maximum atomic E-state index is 5.99. The Bertz CT molecular complexity index is 715. The van der Waals surface area contributed by atoms with Crippen molar-refractivity contribution in [2.45, 2.75) is 13.1 Å². The van der Waals surface area contributed by atoms with Crippen LogP contribution in [0.3, 0.4) is 0 Å². The summed E-state index contributed by atoms with van der Waals surface area (Å²) in [5.74, 6) is 1.02. The van der Waals surface area contributed by atoms with Crippen LogP contribution in [0.25, 0.3) is 4.96 Å². The summed E-state index contributed by atoms with van der Waals surface area (Å²) in [6, 6.07) is 4.01. The van der Waals surface area contributed by atoms with E-state index < -0.39 is 0 Å². The fourth-order valence-electron chi connectivity index (χ4n) is 2.20. The van der Waals surface area contributed by atoms with Gasteiger partial charge < -0.3 is 10.2 Å². The van der Waals surface area contributed by atoms with Gasteiger partial charge in [0.1, 0.15) is 0 Å². The second-order valence-electron chi connectivity index (χ2n) is 4.53. The smallest absolute Gasteiger partial charge is 0.195 e. The van der Waals surface area contributed by atoms with Gasteiger partial charge in [-0.15, -0.1) is 22.7 Å². The van der Waals surface area contributed by atoms with Gasteiger partial charge >= 0.3 is 0 Å². The lowest BCUT2D eigenvalue weighted by Gasteiger charge is -2.17. The first-order valence-electron chi connectivity index (χ1n) is 6.23. The third-order valence-corrected chi connectivity index (χ3v) is 5.04. The minimum absolute atomic E-state index is 0.794. The Labute approximate surface area is 130 Å². The molecule has 0 radical (unpaired) electrons. The minimum Gasteiger partial charge on any atom is -0.353 e. The summed E-state index contributed by atoms with van der Waals surface area (Å²) >= 11 is 9.26. The molecule has 0 fully saturated rings. The zero-order chi connectivity index (χ0) is 14.1. The van der Waals surface area contributed by atoms with E-state index in [1.54, 1.807) is 22.7 Å². The molecule has 3 aromatic heterocycles. The normalized spacial score (nSPS) is 11.3. The molecule has 0 atom stereocenters. The number of aromatic nitrogens is 2. The van der Waals surface area contributed by atoms with Crippen molar-refractivity contribution in [1.29, 1.82) is 0 Å². The van der Waals surface area contributed by atoms with Gasteiger partial charge in [0.15, 0.2) is 10.8 Å². The summed E-state index contributed by atoms with van der Waals surface area (Å²) < 4.78 is 2.98. The summed E-state index contributed by atoms with van der Waals surface area (Å²) in [6.45, 7) is 1.61. The van der Waals surface area contributed by atoms with Gasteiger partial charge in [0.25, 0.3) is 0 Å². The Hall–Kier alpha value is -1.08. The number of thiazole rings is 1. The molecule has 4 nitrogen and oxygen atoms in total. The molecule has 1 N–H and O–H groups in total. The van der Waals surface area contributed by atoms with Crippen LogP contribution in [-0.2, 0) is 13.1 Å². The molecule has 0 aliphatic heterocycles. The third kappa shape index (κ3) is 2.56. The average molecular weight is 327 g/mol. The zero-order valence-electron chi connectivity index (χ0n) is 11.3. The highest BCUT2D eigenvalue weighted by atomic mass is 35.5. The van der Waals surface area contributed by atoms with E-state index in [-0.39, 0.29) is 0 Å². The summed E-state index contributed by atoms with van der Waals surface area (Å²) in [7, 11) is 4.02. The van der Waals surface area contributed by atoms with Gasteiger partial charge in [0.2, 0.25) is 0 Å². The Morgan fingerprint density at radius 1 is 1.45 bits per heavy atom. The van der Waals surface area contributed by atoms with Crippen molar-refractivity contribution < 1.29 is 0 Å². The number of anilines is 1. The van der Waals surface area contributed by atoms with Crippen LogP contribution in [0.4, 0.5) is 5.82 Å². The van der Waals surface area contributed by atoms with Gasteiger partial charge in [0, 0.05) is 30.0 Å². The van der Waals surface area contributed by atoms with E-state index >= 15 is 0 Å². The molecular weight excluding hydrogens is 312 g/mol. The van der Waals surface area contributed by atoms with Crippen molar-refractivity contribution >= 4 is 45.1 Å². The summed E-state index contributed by atoms with van der Waals surface area (Å²) in [5.41, 5.74) is 1.19. The molecule has 7 heteroatoms. The van der Waals surface area contributed by atoms with E-state index in [1.807, 2.05) is 13.1 Å². The number of rotatable bonds is 5. The summed E-state index contributed by atoms with van der Waals surface area (Å²) in [5, 5.41) is 5.27. The maximum absolute atomic E-state index is 5.99. The minimum atomic E-state index is 0.794. The molecule has 0 saturated carbocycles. The van der Waals surface area contributed by atoms with Crippen LogP contribution in [0.1, 0.15) is 10.6 Å². The van der Waals surface area contributed by atoms with Gasteiger partial charge in [-0.25, -0.2) is 4.98 Å². The molecule has 0 bridgehead atoms. The molecule has 0 aliphatic rings. The van der Waals surface area contributed by atoms with E-state index in [0.29, 0.717) is 0 Å². The Kier molecular flexibility index (Phi) is 3.98. The van der Waals surface area contributed by atoms with Crippen LogP contribution >= 0.6 is 34.3 Å².